The van der Waals surface area contributed by atoms with Crippen molar-refractivity contribution in [3.63, 3.8) is 0 Å². The number of carbonyl (C=O) groups excluding carboxylic acids is 1. The summed E-state index contributed by atoms with van der Waals surface area (Å²) in [6, 6.07) is 30.5. The fraction of sp³-hybridized carbons (Fsp3) is 0.115. The van der Waals surface area contributed by atoms with Crippen LogP contribution in [-0.4, -0.2) is 18.2 Å². The van der Waals surface area contributed by atoms with E-state index < -0.39 is 0 Å². The van der Waals surface area contributed by atoms with E-state index in [0.717, 1.165) is 27.9 Å². The van der Waals surface area contributed by atoms with Crippen LogP contribution in [-0.2, 0) is 0 Å². The Morgan fingerprint density at radius 3 is 2.37 bits per heavy atom. The minimum Gasteiger partial charge on any atom is -0.354 e. The highest BCUT2D eigenvalue weighted by atomic mass is 32.2. The van der Waals surface area contributed by atoms with Crippen LogP contribution in [0, 0.1) is 6.92 Å². The van der Waals surface area contributed by atoms with Crippen LogP contribution < -0.4 is 10.6 Å². The van der Waals surface area contributed by atoms with Crippen LogP contribution in [0.4, 0.5) is 11.4 Å². The number of hydrogen-bond donors (Lipinski definition) is 2. The van der Waals surface area contributed by atoms with Gasteiger partial charge in [-0.15, -0.1) is 11.8 Å². The topological polar surface area (TPSA) is 41.1 Å². The third-order valence-corrected chi connectivity index (χ3v) is 5.92. The smallest absolute Gasteiger partial charge is 0.253 e. The lowest BCUT2D eigenvalue weighted by atomic mass is 10.1. The lowest BCUT2D eigenvalue weighted by Gasteiger charge is -2.14. The zero-order chi connectivity index (χ0) is 20.8. The molecule has 0 aromatic heterocycles. The van der Waals surface area contributed by atoms with Gasteiger partial charge in [0.05, 0.1) is 11.3 Å². The number of benzene rings is 4. The molecule has 0 fully saturated rings. The molecule has 4 aromatic carbocycles. The van der Waals surface area contributed by atoms with Gasteiger partial charge in [0, 0.05) is 28.3 Å². The van der Waals surface area contributed by atoms with E-state index in [0.29, 0.717) is 12.1 Å². The van der Waals surface area contributed by atoms with Crippen molar-refractivity contribution in [3.8, 4) is 0 Å². The normalized spacial score (nSPS) is 10.7. The summed E-state index contributed by atoms with van der Waals surface area (Å²) in [4.78, 5) is 14.0. The number of anilines is 2. The van der Waals surface area contributed by atoms with E-state index in [2.05, 4.69) is 60.0 Å². The van der Waals surface area contributed by atoms with Crippen LogP contribution in [0.2, 0.25) is 0 Å². The first-order chi connectivity index (χ1) is 14.7. The first-order valence-corrected chi connectivity index (χ1v) is 11.0. The molecule has 0 saturated heterocycles. The number of para-hydroxylation sites is 1. The fourth-order valence-corrected chi connectivity index (χ4v) is 4.10. The van der Waals surface area contributed by atoms with E-state index in [-0.39, 0.29) is 5.91 Å². The summed E-state index contributed by atoms with van der Waals surface area (Å²) in [5, 5.41) is 8.79. The van der Waals surface area contributed by atoms with Crippen molar-refractivity contribution in [1.29, 1.82) is 0 Å². The summed E-state index contributed by atoms with van der Waals surface area (Å²) in [7, 11) is 0. The number of hydrogen-bond acceptors (Lipinski definition) is 3. The molecule has 0 heterocycles. The molecule has 30 heavy (non-hydrogen) atoms. The Morgan fingerprint density at radius 1 is 0.800 bits per heavy atom. The predicted molar refractivity (Wildman–Crippen MR) is 128 cm³/mol. The molecule has 1 amide bonds. The summed E-state index contributed by atoms with van der Waals surface area (Å²) in [5.41, 5.74) is 3.69. The molecule has 4 aromatic rings. The SMILES string of the molecule is Cc1ccc(SCCNC(=O)c2ccccc2Nc2cccc3ccccc23)cc1. The highest BCUT2D eigenvalue weighted by Gasteiger charge is 2.11. The number of amides is 1. The van der Waals surface area contributed by atoms with Crippen LogP contribution in [0.25, 0.3) is 10.8 Å². The largest absolute Gasteiger partial charge is 0.354 e. The lowest BCUT2D eigenvalue weighted by Crippen LogP contribution is -2.26. The predicted octanol–water partition coefficient (Wildman–Crippen LogP) is 6.41. The average molecular weight is 413 g/mol. The third-order valence-electron chi connectivity index (χ3n) is 4.91. The molecule has 150 valence electrons. The van der Waals surface area contributed by atoms with Gasteiger partial charge in [-0.3, -0.25) is 4.79 Å². The zero-order valence-electron chi connectivity index (χ0n) is 16.9. The maximum Gasteiger partial charge on any atom is 0.253 e. The molecule has 0 aliphatic heterocycles. The molecule has 0 atom stereocenters. The van der Waals surface area contributed by atoms with Gasteiger partial charge in [0.15, 0.2) is 0 Å². The summed E-state index contributed by atoms with van der Waals surface area (Å²) in [6.45, 7) is 2.69. The van der Waals surface area contributed by atoms with Crippen LogP contribution >= 0.6 is 11.8 Å². The number of thioether (sulfide) groups is 1. The van der Waals surface area contributed by atoms with Crippen LogP contribution in [0.15, 0.2) is 95.9 Å². The van der Waals surface area contributed by atoms with Gasteiger partial charge >= 0.3 is 0 Å². The van der Waals surface area contributed by atoms with Crippen LogP contribution in [0.3, 0.4) is 0 Å². The second kappa shape index (κ2) is 9.51. The van der Waals surface area contributed by atoms with Crippen molar-refractivity contribution in [3.05, 3.63) is 102 Å². The molecule has 4 rings (SSSR count). The fourth-order valence-electron chi connectivity index (χ4n) is 3.33. The molecule has 4 heteroatoms. The molecule has 0 unspecified atom stereocenters. The van der Waals surface area contributed by atoms with Crippen molar-refractivity contribution >= 4 is 39.8 Å². The van der Waals surface area contributed by atoms with E-state index in [9.17, 15) is 4.79 Å². The van der Waals surface area contributed by atoms with Crippen molar-refractivity contribution in [2.45, 2.75) is 11.8 Å². The summed E-state index contributed by atoms with van der Waals surface area (Å²) >= 11 is 1.74. The van der Waals surface area contributed by atoms with Crippen LogP contribution in [0.1, 0.15) is 15.9 Å². The van der Waals surface area contributed by atoms with Gasteiger partial charge in [-0.1, -0.05) is 66.2 Å². The van der Waals surface area contributed by atoms with Crippen molar-refractivity contribution in [2.24, 2.45) is 0 Å². The first-order valence-electron chi connectivity index (χ1n) is 10.0. The summed E-state index contributed by atoms with van der Waals surface area (Å²) < 4.78 is 0. The Bertz CT molecular complexity index is 1150. The zero-order valence-corrected chi connectivity index (χ0v) is 17.7. The maximum atomic E-state index is 12.8. The van der Waals surface area contributed by atoms with E-state index in [1.165, 1.54) is 10.5 Å². The third kappa shape index (κ3) is 4.84. The van der Waals surface area contributed by atoms with Crippen molar-refractivity contribution < 1.29 is 4.79 Å². The Morgan fingerprint density at radius 2 is 1.50 bits per heavy atom. The number of rotatable bonds is 7. The molecule has 0 bridgehead atoms. The van der Waals surface area contributed by atoms with Gasteiger partial charge in [-0.25, -0.2) is 0 Å². The maximum absolute atomic E-state index is 12.8. The van der Waals surface area contributed by atoms with Gasteiger partial charge in [-0.2, -0.15) is 0 Å². The molecule has 0 spiro atoms. The Kier molecular flexibility index (Phi) is 6.35. The Labute approximate surface area is 181 Å². The summed E-state index contributed by atoms with van der Waals surface area (Å²) in [5.74, 6) is 0.760. The molecule has 0 radical (unpaired) electrons. The van der Waals surface area contributed by atoms with E-state index in [1.807, 2.05) is 48.5 Å². The second-order valence-electron chi connectivity index (χ2n) is 7.11. The molecule has 3 nitrogen and oxygen atoms in total. The highest BCUT2D eigenvalue weighted by molar-refractivity contribution is 7.99. The first kappa shape index (κ1) is 20.0. The molecule has 0 saturated carbocycles. The number of carbonyl (C=O) groups is 1. The van der Waals surface area contributed by atoms with Crippen LogP contribution in [0.5, 0.6) is 0 Å². The molecular weight excluding hydrogens is 388 g/mol. The molecule has 2 N–H and O–H groups in total. The Hall–Kier alpha value is -3.24. The number of fused-ring (bicyclic) bond motifs is 1. The molecular formula is C26H24N2OS. The van der Waals surface area contributed by atoms with Gasteiger partial charge in [0.2, 0.25) is 0 Å². The van der Waals surface area contributed by atoms with Crippen molar-refractivity contribution in [2.75, 3.05) is 17.6 Å². The second-order valence-corrected chi connectivity index (χ2v) is 8.28. The van der Waals surface area contributed by atoms with Gasteiger partial charge in [0.1, 0.15) is 0 Å². The quantitative estimate of drug-likeness (QED) is 0.272. The highest BCUT2D eigenvalue weighted by Crippen LogP contribution is 2.28. The molecule has 0 aliphatic rings. The van der Waals surface area contributed by atoms with Crippen molar-refractivity contribution in [1.82, 2.24) is 5.32 Å². The Balaban J connectivity index is 1.42. The standard InChI is InChI=1S/C26H24N2OS/c1-19-13-15-21(16-14-19)30-18-17-27-26(29)23-10-4-5-11-25(23)28-24-12-6-8-20-7-2-3-9-22(20)24/h2-16,28H,17-18H2,1H3,(H,27,29). The average Bonchev–Trinajstić information content (AvgIpc) is 2.78. The van der Waals surface area contributed by atoms with Gasteiger partial charge in [0.25, 0.3) is 5.91 Å². The van der Waals surface area contributed by atoms with E-state index in [1.54, 1.807) is 11.8 Å². The number of aryl methyl sites for hydroxylation is 1. The lowest BCUT2D eigenvalue weighted by molar-refractivity contribution is 0.0957. The monoisotopic (exact) mass is 412 g/mol. The summed E-state index contributed by atoms with van der Waals surface area (Å²) in [6.07, 6.45) is 0. The van der Waals surface area contributed by atoms with E-state index in [4.69, 9.17) is 0 Å². The minimum absolute atomic E-state index is 0.0668. The van der Waals surface area contributed by atoms with Gasteiger partial charge < -0.3 is 10.6 Å². The number of nitrogens with one attached hydrogen (secondary N) is 2. The molecule has 0 aliphatic carbocycles. The van der Waals surface area contributed by atoms with E-state index >= 15 is 0 Å². The van der Waals surface area contributed by atoms with Gasteiger partial charge in [-0.05, 0) is 42.6 Å². The minimum atomic E-state index is -0.0668.